The molecule has 0 nitrogen and oxygen atoms in total. The lowest BCUT2D eigenvalue weighted by molar-refractivity contribution is 0.387. The maximum atomic E-state index is 2.43. The zero-order valence-corrected chi connectivity index (χ0v) is 13.8. The number of allylic oxidation sites excluding steroid dienone is 2. The van der Waals surface area contributed by atoms with Crippen molar-refractivity contribution in [3.63, 3.8) is 0 Å². The first-order valence-corrected chi connectivity index (χ1v) is 8.05. The van der Waals surface area contributed by atoms with Gasteiger partial charge in [0.05, 0.1) is 0 Å². The summed E-state index contributed by atoms with van der Waals surface area (Å²) in [6, 6.07) is 0. The van der Waals surface area contributed by atoms with Crippen LogP contribution in [-0.2, 0) is 0 Å². The molecule has 0 radical (unpaired) electrons. The maximum Gasteiger partial charge on any atom is -0.0346 e. The van der Waals surface area contributed by atoms with E-state index in [1.54, 1.807) is 0 Å². The summed E-state index contributed by atoms with van der Waals surface area (Å²) in [6.07, 6.45) is 12.1. The molecule has 0 fully saturated rings. The van der Waals surface area contributed by atoms with Crippen molar-refractivity contribution in [2.24, 2.45) is 17.8 Å². The van der Waals surface area contributed by atoms with Crippen molar-refractivity contribution in [3.05, 3.63) is 11.6 Å². The van der Waals surface area contributed by atoms with Gasteiger partial charge in [0.25, 0.3) is 0 Å². The van der Waals surface area contributed by atoms with Crippen molar-refractivity contribution in [1.29, 1.82) is 0 Å². The molecule has 0 heteroatoms. The van der Waals surface area contributed by atoms with Gasteiger partial charge in [-0.1, -0.05) is 71.4 Å². The Morgan fingerprint density at radius 3 is 1.83 bits per heavy atom. The van der Waals surface area contributed by atoms with Crippen molar-refractivity contribution in [3.8, 4) is 0 Å². The highest BCUT2D eigenvalue weighted by Crippen LogP contribution is 2.21. The lowest BCUT2D eigenvalue weighted by Gasteiger charge is -2.15. The van der Waals surface area contributed by atoms with Gasteiger partial charge in [0.15, 0.2) is 0 Å². The quantitative estimate of drug-likeness (QED) is 0.384. The van der Waals surface area contributed by atoms with Crippen LogP contribution in [0.4, 0.5) is 0 Å². The molecule has 0 aliphatic rings. The minimum atomic E-state index is 0.871. The van der Waals surface area contributed by atoms with Crippen LogP contribution in [0.2, 0.25) is 0 Å². The first kappa shape index (κ1) is 17.7. The Hall–Kier alpha value is -0.260. The van der Waals surface area contributed by atoms with Crippen molar-refractivity contribution < 1.29 is 0 Å². The van der Waals surface area contributed by atoms with Gasteiger partial charge in [-0.05, 0) is 44.4 Å². The van der Waals surface area contributed by atoms with Crippen LogP contribution in [0.5, 0.6) is 0 Å². The summed E-state index contributed by atoms with van der Waals surface area (Å²) in [6.45, 7) is 13.9. The van der Waals surface area contributed by atoms with Crippen LogP contribution >= 0.6 is 0 Å². The fourth-order valence-electron chi connectivity index (χ4n) is 2.38. The van der Waals surface area contributed by atoms with Gasteiger partial charge in [-0.25, -0.2) is 0 Å². The van der Waals surface area contributed by atoms with E-state index in [2.05, 4.69) is 47.6 Å². The maximum absolute atomic E-state index is 2.43. The molecule has 2 unspecified atom stereocenters. The summed E-state index contributed by atoms with van der Waals surface area (Å²) in [7, 11) is 0. The van der Waals surface area contributed by atoms with Crippen LogP contribution < -0.4 is 0 Å². The first-order valence-electron chi connectivity index (χ1n) is 8.05. The molecule has 18 heavy (non-hydrogen) atoms. The summed E-state index contributed by atoms with van der Waals surface area (Å²) in [4.78, 5) is 0. The number of hydrogen-bond acceptors (Lipinski definition) is 0. The van der Waals surface area contributed by atoms with Gasteiger partial charge in [0.1, 0.15) is 0 Å². The van der Waals surface area contributed by atoms with Gasteiger partial charge in [0, 0.05) is 0 Å². The molecule has 0 aromatic heterocycles. The molecule has 0 aliphatic heterocycles. The summed E-state index contributed by atoms with van der Waals surface area (Å²) in [5.74, 6) is 2.70. The van der Waals surface area contributed by atoms with Crippen molar-refractivity contribution >= 4 is 0 Å². The third kappa shape index (κ3) is 12.2. The Morgan fingerprint density at radius 1 is 0.778 bits per heavy atom. The summed E-state index contributed by atoms with van der Waals surface area (Å²) >= 11 is 0. The first-order chi connectivity index (χ1) is 8.41. The van der Waals surface area contributed by atoms with Crippen molar-refractivity contribution in [2.75, 3.05) is 0 Å². The second kappa shape index (κ2) is 10.6. The predicted octanol–water partition coefficient (Wildman–Crippen LogP) is 6.61. The smallest absolute Gasteiger partial charge is 0.0346 e. The molecule has 0 aromatic rings. The number of hydrogen-bond donors (Lipinski definition) is 0. The van der Waals surface area contributed by atoms with Crippen LogP contribution in [0.3, 0.4) is 0 Å². The standard InChI is InChI=1S/C18H36/c1-15(2)9-7-10-17(5)11-8-12-18(6)14-13-16(3)4/h9,16-18H,7-8,10-14H2,1-6H3. The fourth-order valence-corrected chi connectivity index (χ4v) is 2.38. The van der Waals surface area contributed by atoms with E-state index in [1.165, 1.54) is 50.5 Å². The molecule has 2 atom stereocenters. The van der Waals surface area contributed by atoms with Gasteiger partial charge >= 0.3 is 0 Å². The van der Waals surface area contributed by atoms with Crippen molar-refractivity contribution in [1.82, 2.24) is 0 Å². The second-order valence-electron chi connectivity index (χ2n) is 6.97. The Bertz CT molecular complexity index is 208. The van der Waals surface area contributed by atoms with Gasteiger partial charge in [-0.2, -0.15) is 0 Å². The molecular weight excluding hydrogens is 216 g/mol. The summed E-state index contributed by atoms with van der Waals surface area (Å²) in [5.41, 5.74) is 1.46. The molecule has 0 aliphatic carbocycles. The topological polar surface area (TPSA) is 0 Å². The molecule has 0 amide bonds. The third-order valence-electron chi connectivity index (χ3n) is 3.84. The van der Waals surface area contributed by atoms with Gasteiger partial charge < -0.3 is 0 Å². The zero-order valence-electron chi connectivity index (χ0n) is 13.8. The van der Waals surface area contributed by atoms with Crippen LogP contribution in [0, 0.1) is 17.8 Å². The molecular formula is C18H36. The monoisotopic (exact) mass is 252 g/mol. The van der Waals surface area contributed by atoms with Crippen molar-refractivity contribution in [2.45, 2.75) is 86.5 Å². The van der Waals surface area contributed by atoms with E-state index in [9.17, 15) is 0 Å². The molecule has 108 valence electrons. The molecule has 0 saturated heterocycles. The van der Waals surface area contributed by atoms with Crippen LogP contribution in [0.15, 0.2) is 11.6 Å². The fraction of sp³-hybridized carbons (Fsp3) is 0.889. The van der Waals surface area contributed by atoms with E-state index in [0.717, 1.165) is 17.8 Å². The van der Waals surface area contributed by atoms with E-state index in [4.69, 9.17) is 0 Å². The van der Waals surface area contributed by atoms with Crippen LogP contribution in [0.25, 0.3) is 0 Å². The predicted molar refractivity (Wildman–Crippen MR) is 84.9 cm³/mol. The van der Waals surface area contributed by atoms with E-state index < -0.39 is 0 Å². The normalized spacial score (nSPS) is 14.6. The van der Waals surface area contributed by atoms with E-state index in [-0.39, 0.29) is 0 Å². The zero-order chi connectivity index (χ0) is 14.0. The summed E-state index contributed by atoms with van der Waals surface area (Å²) < 4.78 is 0. The summed E-state index contributed by atoms with van der Waals surface area (Å²) in [5, 5.41) is 0. The average molecular weight is 252 g/mol. The molecule has 0 N–H and O–H groups in total. The van der Waals surface area contributed by atoms with Gasteiger partial charge in [-0.15, -0.1) is 0 Å². The number of rotatable bonds is 10. The Morgan fingerprint density at radius 2 is 1.33 bits per heavy atom. The second-order valence-corrected chi connectivity index (χ2v) is 6.97. The highest BCUT2D eigenvalue weighted by Gasteiger charge is 2.06. The Labute approximate surface area is 116 Å². The Balaban J connectivity index is 3.49. The largest absolute Gasteiger partial charge is 0.0859 e. The van der Waals surface area contributed by atoms with Gasteiger partial charge in [0.2, 0.25) is 0 Å². The highest BCUT2D eigenvalue weighted by molar-refractivity contribution is 4.92. The molecule has 0 rings (SSSR count). The Kier molecular flexibility index (Phi) is 10.5. The minimum absolute atomic E-state index is 0.871. The van der Waals surface area contributed by atoms with E-state index in [0.29, 0.717) is 0 Å². The molecule has 0 spiro atoms. The highest BCUT2D eigenvalue weighted by atomic mass is 14.1. The van der Waals surface area contributed by atoms with Crippen LogP contribution in [0.1, 0.15) is 86.5 Å². The van der Waals surface area contributed by atoms with E-state index >= 15 is 0 Å². The molecule has 0 heterocycles. The SMILES string of the molecule is CC(C)=CCCC(C)CCCC(C)CCC(C)C. The van der Waals surface area contributed by atoms with Crippen LogP contribution in [-0.4, -0.2) is 0 Å². The third-order valence-corrected chi connectivity index (χ3v) is 3.84. The minimum Gasteiger partial charge on any atom is -0.0859 e. The molecule has 0 aromatic carbocycles. The van der Waals surface area contributed by atoms with Gasteiger partial charge in [-0.3, -0.25) is 0 Å². The molecule has 0 bridgehead atoms. The van der Waals surface area contributed by atoms with E-state index in [1.807, 2.05) is 0 Å². The lowest BCUT2D eigenvalue weighted by Crippen LogP contribution is -2.00. The lowest BCUT2D eigenvalue weighted by atomic mass is 9.92. The molecule has 0 saturated carbocycles. The average Bonchev–Trinajstić information content (AvgIpc) is 2.25.